The van der Waals surface area contributed by atoms with Crippen LogP contribution in [0.4, 0.5) is 0 Å². The summed E-state index contributed by atoms with van der Waals surface area (Å²) in [6, 6.07) is 17.8. The minimum atomic E-state index is -0.235. The number of rotatable bonds is 5. The van der Waals surface area contributed by atoms with Crippen LogP contribution in [-0.2, 0) is 9.47 Å². The summed E-state index contributed by atoms with van der Waals surface area (Å²) in [5, 5.41) is 0. The normalized spacial score (nSPS) is 15.6. The van der Waals surface area contributed by atoms with Gasteiger partial charge in [-0.3, -0.25) is 4.79 Å². The molecule has 0 radical (unpaired) electrons. The van der Waals surface area contributed by atoms with E-state index in [0.717, 1.165) is 36.3 Å². The van der Waals surface area contributed by atoms with Crippen LogP contribution >= 0.6 is 0 Å². The van der Waals surface area contributed by atoms with E-state index in [0.29, 0.717) is 12.8 Å². The minimum absolute atomic E-state index is 0.136. The lowest BCUT2D eigenvalue weighted by Crippen LogP contribution is -2.25. The predicted molar refractivity (Wildman–Crippen MR) is 85.8 cm³/mol. The summed E-state index contributed by atoms with van der Waals surface area (Å²) < 4.78 is 11.0. The van der Waals surface area contributed by atoms with E-state index in [9.17, 15) is 4.79 Å². The number of carbonyl (C=O) groups is 1. The fraction of sp³-hybridized carbons (Fsp3) is 0.316. The Morgan fingerprint density at radius 3 is 2.41 bits per heavy atom. The first kappa shape index (κ1) is 14.9. The summed E-state index contributed by atoms with van der Waals surface area (Å²) >= 11 is 0. The Kier molecular flexibility index (Phi) is 4.99. The number of ether oxygens (including phenoxy) is 2. The van der Waals surface area contributed by atoms with Gasteiger partial charge in [-0.25, -0.2) is 0 Å². The second-order valence-electron chi connectivity index (χ2n) is 5.40. The topological polar surface area (TPSA) is 35.5 Å². The number of ketones is 1. The van der Waals surface area contributed by atoms with Crippen molar-refractivity contribution in [3.8, 4) is 11.1 Å². The minimum Gasteiger partial charge on any atom is -0.353 e. The quantitative estimate of drug-likeness (QED) is 0.780. The molecule has 0 amide bonds. The molecular weight excluding hydrogens is 276 g/mol. The Balaban J connectivity index is 1.72. The average molecular weight is 296 g/mol. The molecule has 3 heteroatoms. The summed E-state index contributed by atoms with van der Waals surface area (Å²) in [6.07, 6.45) is 1.75. The van der Waals surface area contributed by atoms with Crippen LogP contribution in [0.2, 0.25) is 0 Å². The molecule has 1 fully saturated rings. The third-order valence-electron chi connectivity index (χ3n) is 3.82. The van der Waals surface area contributed by atoms with Crippen molar-refractivity contribution in [1.82, 2.24) is 0 Å². The molecule has 0 atom stereocenters. The molecule has 3 nitrogen and oxygen atoms in total. The number of hydrogen-bond donors (Lipinski definition) is 0. The summed E-state index contributed by atoms with van der Waals surface area (Å²) in [5.74, 6) is 0.136. The van der Waals surface area contributed by atoms with E-state index in [1.807, 2.05) is 54.6 Å². The maximum absolute atomic E-state index is 12.6. The third-order valence-corrected chi connectivity index (χ3v) is 3.82. The maximum atomic E-state index is 12.6. The van der Waals surface area contributed by atoms with Gasteiger partial charge in [0.2, 0.25) is 0 Å². The molecule has 114 valence electrons. The molecule has 0 spiro atoms. The van der Waals surface area contributed by atoms with Crippen molar-refractivity contribution in [2.24, 2.45) is 0 Å². The van der Waals surface area contributed by atoms with Crippen molar-refractivity contribution < 1.29 is 14.3 Å². The maximum Gasteiger partial charge on any atom is 0.163 e. The van der Waals surface area contributed by atoms with Crippen molar-refractivity contribution in [3.05, 3.63) is 60.2 Å². The van der Waals surface area contributed by atoms with Crippen molar-refractivity contribution in [2.45, 2.75) is 25.6 Å². The van der Waals surface area contributed by atoms with E-state index in [2.05, 4.69) is 0 Å². The zero-order valence-electron chi connectivity index (χ0n) is 12.5. The number of hydrogen-bond acceptors (Lipinski definition) is 3. The molecule has 2 aromatic carbocycles. The molecule has 1 aliphatic rings. The summed E-state index contributed by atoms with van der Waals surface area (Å²) in [7, 11) is 0. The molecule has 0 bridgehead atoms. The molecule has 1 saturated heterocycles. The molecule has 0 aliphatic carbocycles. The van der Waals surface area contributed by atoms with Crippen LogP contribution in [0.3, 0.4) is 0 Å². The molecule has 1 heterocycles. The lowest BCUT2D eigenvalue weighted by Gasteiger charge is -2.22. The highest BCUT2D eigenvalue weighted by atomic mass is 16.7. The van der Waals surface area contributed by atoms with Crippen LogP contribution in [0.1, 0.15) is 29.6 Å². The van der Waals surface area contributed by atoms with E-state index in [1.54, 1.807) is 0 Å². The Morgan fingerprint density at radius 2 is 1.64 bits per heavy atom. The van der Waals surface area contributed by atoms with Gasteiger partial charge < -0.3 is 9.47 Å². The van der Waals surface area contributed by atoms with Crippen LogP contribution in [0.5, 0.6) is 0 Å². The van der Waals surface area contributed by atoms with Crippen molar-refractivity contribution >= 4 is 5.78 Å². The Bertz CT molecular complexity index is 616. The van der Waals surface area contributed by atoms with E-state index < -0.39 is 0 Å². The molecule has 0 N–H and O–H groups in total. The highest BCUT2D eigenvalue weighted by Crippen LogP contribution is 2.25. The summed E-state index contributed by atoms with van der Waals surface area (Å²) in [5.41, 5.74) is 2.82. The van der Waals surface area contributed by atoms with E-state index in [4.69, 9.17) is 9.47 Å². The standard InChI is InChI=1S/C19H20O3/c20-18(11-12-19-21-13-6-14-22-19)17-10-5-4-9-16(17)15-7-2-1-3-8-15/h1-5,7-10,19H,6,11-14H2. The van der Waals surface area contributed by atoms with Crippen molar-refractivity contribution in [2.75, 3.05) is 13.2 Å². The number of Topliss-reactive ketones (excluding diaryl/α,β-unsaturated/α-hetero) is 1. The fourth-order valence-electron chi connectivity index (χ4n) is 2.68. The SMILES string of the molecule is O=C(CCC1OCCCO1)c1ccccc1-c1ccccc1. The van der Waals surface area contributed by atoms with Gasteiger partial charge in [-0.15, -0.1) is 0 Å². The summed E-state index contributed by atoms with van der Waals surface area (Å²) in [6.45, 7) is 1.44. The van der Waals surface area contributed by atoms with Crippen LogP contribution in [0.15, 0.2) is 54.6 Å². The van der Waals surface area contributed by atoms with Crippen LogP contribution < -0.4 is 0 Å². The molecule has 0 aromatic heterocycles. The van der Waals surface area contributed by atoms with Crippen LogP contribution in [0, 0.1) is 0 Å². The fourth-order valence-corrected chi connectivity index (χ4v) is 2.68. The second kappa shape index (κ2) is 7.34. The average Bonchev–Trinajstić information content (AvgIpc) is 2.61. The van der Waals surface area contributed by atoms with Gasteiger partial charge >= 0.3 is 0 Å². The van der Waals surface area contributed by atoms with Gasteiger partial charge in [0.1, 0.15) is 0 Å². The van der Waals surface area contributed by atoms with E-state index >= 15 is 0 Å². The highest BCUT2D eigenvalue weighted by Gasteiger charge is 2.18. The smallest absolute Gasteiger partial charge is 0.163 e. The van der Waals surface area contributed by atoms with Gasteiger partial charge in [-0.05, 0) is 17.5 Å². The first-order chi connectivity index (χ1) is 10.8. The first-order valence-corrected chi connectivity index (χ1v) is 7.75. The molecule has 0 saturated carbocycles. The lowest BCUT2D eigenvalue weighted by molar-refractivity contribution is -0.180. The number of carbonyl (C=O) groups excluding carboxylic acids is 1. The molecule has 1 aliphatic heterocycles. The van der Waals surface area contributed by atoms with Gasteiger partial charge in [0.25, 0.3) is 0 Å². The molecule has 3 rings (SSSR count). The van der Waals surface area contributed by atoms with Crippen molar-refractivity contribution in [3.63, 3.8) is 0 Å². The lowest BCUT2D eigenvalue weighted by atomic mass is 9.95. The Hall–Kier alpha value is -1.97. The second-order valence-corrected chi connectivity index (χ2v) is 5.40. The largest absolute Gasteiger partial charge is 0.353 e. The van der Waals surface area contributed by atoms with Crippen LogP contribution in [0.25, 0.3) is 11.1 Å². The Morgan fingerprint density at radius 1 is 0.955 bits per heavy atom. The number of benzene rings is 2. The van der Waals surface area contributed by atoms with Gasteiger partial charge in [-0.2, -0.15) is 0 Å². The zero-order chi connectivity index (χ0) is 15.2. The third kappa shape index (κ3) is 3.62. The monoisotopic (exact) mass is 296 g/mol. The first-order valence-electron chi connectivity index (χ1n) is 7.75. The van der Waals surface area contributed by atoms with Gasteiger partial charge in [0, 0.05) is 18.4 Å². The molecule has 22 heavy (non-hydrogen) atoms. The molecule has 2 aromatic rings. The van der Waals surface area contributed by atoms with Gasteiger partial charge in [-0.1, -0.05) is 54.6 Å². The predicted octanol–water partition coefficient (Wildman–Crippen LogP) is 4.08. The zero-order valence-corrected chi connectivity index (χ0v) is 12.5. The van der Waals surface area contributed by atoms with Gasteiger partial charge in [0.15, 0.2) is 12.1 Å². The van der Waals surface area contributed by atoms with Gasteiger partial charge in [0.05, 0.1) is 13.2 Å². The molecular formula is C19H20O3. The molecule has 0 unspecified atom stereocenters. The van der Waals surface area contributed by atoms with E-state index in [-0.39, 0.29) is 12.1 Å². The Labute approximate surface area is 130 Å². The highest BCUT2D eigenvalue weighted by molar-refractivity contribution is 6.02. The summed E-state index contributed by atoms with van der Waals surface area (Å²) in [4.78, 5) is 12.6. The van der Waals surface area contributed by atoms with E-state index in [1.165, 1.54) is 0 Å². The van der Waals surface area contributed by atoms with Crippen LogP contribution in [-0.4, -0.2) is 25.3 Å². The van der Waals surface area contributed by atoms with Crippen molar-refractivity contribution in [1.29, 1.82) is 0 Å².